The highest BCUT2D eigenvalue weighted by molar-refractivity contribution is 6.42. The molecule has 2 aliphatic heterocycles. The maximum Gasteiger partial charge on any atom is 0.360 e. The largest absolute Gasteiger partial charge is 0.449 e. The van der Waals surface area contributed by atoms with Gasteiger partial charge in [0.15, 0.2) is 6.10 Å². The molecular weight excluding hydrogens is 382 g/mol. The number of nitrogens with one attached hydrogen (secondary N) is 1. The summed E-state index contributed by atoms with van der Waals surface area (Å²) in [6.45, 7) is -0.123. The van der Waals surface area contributed by atoms with Crippen LogP contribution >= 0.6 is 0 Å². The van der Waals surface area contributed by atoms with Crippen molar-refractivity contribution in [1.82, 2.24) is 0 Å². The van der Waals surface area contributed by atoms with E-state index in [9.17, 15) is 20.0 Å². The number of para-hydroxylation sites is 1. The second kappa shape index (κ2) is 7.37. The van der Waals surface area contributed by atoms with Gasteiger partial charge in [0, 0.05) is 12.1 Å². The number of hydrazone groups is 1. The number of ether oxygens (including phenoxy) is 2. The highest BCUT2D eigenvalue weighted by atomic mass is 16.6. The lowest BCUT2D eigenvalue weighted by molar-refractivity contribution is -0.384. The number of hydrogen-bond donors (Lipinski definition) is 2. The highest BCUT2D eigenvalue weighted by Crippen LogP contribution is 2.39. The molecule has 2 N–H and O–H groups in total. The Bertz CT molecular complexity index is 994. The van der Waals surface area contributed by atoms with Crippen molar-refractivity contribution < 1.29 is 24.3 Å². The summed E-state index contributed by atoms with van der Waals surface area (Å²) in [6.07, 6.45) is -2.20. The van der Waals surface area contributed by atoms with E-state index in [0.717, 1.165) is 0 Å². The summed E-state index contributed by atoms with van der Waals surface area (Å²) < 4.78 is 10.8. The Morgan fingerprint density at radius 2 is 1.90 bits per heavy atom. The molecule has 11 heteroatoms. The van der Waals surface area contributed by atoms with Crippen LogP contribution in [0.5, 0.6) is 0 Å². The van der Waals surface area contributed by atoms with Crippen LogP contribution in [0.15, 0.2) is 69.9 Å². The predicted octanol–water partition coefficient (Wildman–Crippen LogP) is 2.16. The molecule has 0 radical (unpaired) electrons. The fourth-order valence-corrected chi connectivity index (χ4v) is 2.99. The van der Waals surface area contributed by atoms with Crippen LogP contribution in [-0.2, 0) is 14.3 Å². The van der Waals surface area contributed by atoms with Gasteiger partial charge in [0.05, 0.1) is 22.9 Å². The predicted molar refractivity (Wildman–Crippen MR) is 99.7 cm³/mol. The number of non-ortho nitro benzene ring substituents is 1. The number of aliphatic hydroxyl groups is 1. The SMILES string of the molecule is O=C1OC2C(O)COC2(N=Nc2ccc([N+](=O)[O-])cc2)C1=NNc1ccccc1. The van der Waals surface area contributed by atoms with Crippen LogP contribution in [0.3, 0.4) is 0 Å². The van der Waals surface area contributed by atoms with E-state index in [1.165, 1.54) is 24.3 Å². The lowest BCUT2D eigenvalue weighted by Crippen LogP contribution is -2.43. The summed E-state index contributed by atoms with van der Waals surface area (Å²) in [5.74, 6) is -0.792. The van der Waals surface area contributed by atoms with Crippen molar-refractivity contribution in [3.05, 3.63) is 64.7 Å². The van der Waals surface area contributed by atoms with Gasteiger partial charge in [-0.15, -0.1) is 5.11 Å². The van der Waals surface area contributed by atoms with Gasteiger partial charge in [-0.25, -0.2) is 4.79 Å². The van der Waals surface area contributed by atoms with Gasteiger partial charge in [-0.3, -0.25) is 15.5 Å². The molecule has 11 nitrogen and oxygen atoms in total. The molecule has 0 saturated carbocycles. The Labute approximate surface area is 163 Å². The second-order valence-electron chi connectivity index (χ2n) is 6.31. The van der Waals surface area contributed by atoms with Crippen LogP contribution in [0.4, 0.5) is 17.1 Å². The Hall–Kier alpha value is -3.70. The Morgan fingerprint density at radius 3 is 2.59 bits per heavy atom. The lowest BCUT2D eigenvalue weighted by atomic mass is 10.0. The number of hydrogen-bond acceptors (Lipinski definition) is 10. The van der Waals surface area contributed by atoms with Crippen LogP contribution in [0.25, 0.3) is 0 Å². The molecule has 0 bridgehead atoms. The quantitative estimate of drug-likeness (QED) is 0.340. The van der Waals surface area contributed by atoms with Crippen molar-refractivity contribution in [3.8, 4) is 0 Å². The molecule has 0 aromatic heterocycles. The number of fused-ring (bicyclic) bond motifs is 1. The van der Waals surface area contributed by atoms with Gasteiger partial charge >= 0.3 is 5.97 Å². The van der Waals surface area contributed by atoms with Gasteiger partial charge in [-0.2, -0.15) is 10.2 Å². The van der Waals surface area contributed by atoms with Crippen molar-refractivity contribution in [2.24, 2.45) is 15.3 Å². The minimum atomic E-state index is -1.72. The van der Waals surface area contributed by atoms with Crippen LogP contribution in [0, 0.1) is 10.1 Å². The van der Waals surface area contributed by atoms with Crippen LogP contribution in [0.2, 0.25) is 0 Å². The van der Waals surface area contributed by atoms with Gasteiger partial charge in [-0.05, 0) is 24.3 Å². The molecule has 2 heterocycles. The third-order valence-electron chi connectivity index (χ3n) is 4.42. The Kier molecular flexibility index (Phi) is 4.74. The molecule has 2 fully saturated rings. The zero-order valence-corrected chi connectivity index (χ0v) is 14.8. The normalized spacial score (nSPS) is 27.2. The molecule has 0 amide bonds. The first-order chi connectivity index (χ1) is 14.0. The van der Waals surface area contributed by atoms with E-state index >= 15 is 0 Å². The number of rotatable bonds is 5. The average molecular weight is 397 g/mol. The van der Waals surface area contributed by atoms with E-state index in [-0.39, 0.29) is 18.0 Å². The fourth-order valence-electron chi connectivity index (χ4n) is 2.99. The first-order valence-electron chi connectivity index (χ1n) is 8.59. The zero-order chi connectivity index (χ0) is 20.4. The van der Waals surface area contributed by atoms with Gasteiger partial charge in [0.25, 0.3) is 11.4 Å². The number of carbonyl (C=O) groups excluding carboxylic acids is 1. The first kappa shape index (κ1) is 18.7. The maximum atomic E-state index is 12.3. The van der Waals surface area contributed by atoms with E-state index in [0.29, 0.717) is 11.4 Å². The first-order valence-corrected chi connectivity index (χ1v) is 8.59. The second-order valence-corrected chi connectivity index (χ2v) is 6.31. The van der Waals surface area contributed by atoms with E-state index in [4.69, 9.17) is 9.47 Å². The number of nitro groups is 1. The average Bonchev–Trinajstić information content (AvgIpc) is 3.19. The third-order valence-corrected chi connectivity index (χ3v) is 4.42. The van der Waals surface area contributed by atoms with E-state index in [2.05, 4.69) is 20.8 Å². The summed E-state index contributed by atoms with van der Waals surface area (Å²) in [7, 11) is 0. The molecule has 2 saturated heterocycles. The van der Waals surface area contributed by atoms with Crippen molar-refractivity contribution in [1.29, 1.82) is 0 Å². The smallest absolute Gasteiger partial charge is 0.360 e. The summed E-state index contributed by atoms with van der Waals surface area (Å²) in [6, 6.07) is 14.2. The zero-order valence-electron chi connectivity index (χ0n) is 14.8. The molecule has 3 unspecified atom stereocenters. The Morgan fingerprint density at radius 1 is 1.17 bits per heavy atom. The van der Waals surface area contributed by atoms with E-state index in [1.54, 1.807) is 24.3 Å². The molecule has 2 aromatic rings. The minimum absolute atomic E-state index is 0.0961. The lowest BCUT2D eigenvalue weighted by Gasteiger charge is -2.19. The number of nitro benzene ring substituents is 1. The van der Waals surface area contributed by atoms with Gasteiger partial charge in [0.1, 0.15) is 6.10 Å². The highest BCUT2D eigenvalue weighted by Gasteiger charge is 2.64. The summed E-state index contributed by atoms with van der Waals surface area (Å²) in [4.78, 5) is 22.6. The molecule has 148 valence electrons. The number of benzene rings is 2. The minimum Gasteiger partial charge on any atom is -0.449 e. The van der Waals surface area contributed by atoms with Crippen molar-refractivity contribution in [2.75, 3.05) is 12.0 Å². The number of carbonyl (C=O) groups is 1. The number of esters is 1. The van der Waals surface area contributed by atoms with E-state index in [1.807, 2.05) is 6.07 Å². The number of aliphatic hydroxyl groups excluding tert-OH is 1. The van der Waals surface area contributed by atoms with Gasteiger partial charge in [-0.1, -0.05) is 18.2 Å². The van der Waals surface area contributed by atoms with E-state index < -0.39 is 28.8 Å². The molecule has 4 rings (SSSR count). The van der Waals surface area contributed by atoms with Crippen LogP contribution < -0.4 is 5.43 Å². The maximum absolute atomic E-state index is 12.3. The standard InChI is InChI=1S/C18H15N5O6/c24-14-10-28-18(22-20-12-6-8-13(9-7-12)23(26)27)15(17(25)29-16(14)18)21-19-11-4-2-1-3-5-11/h1-9,14,16,19,24H,10H2. The summed E-state index contributed by atoms with van der Waals surface area (Å²) in [5.41, 5.74) is 1.65. The monoisotopic (exact) mass is 397 g/mol. The van der Waals surface area contributed by atoms with Crippen molar-refractivity contribution in [3.63, 3.8) is 0 Å². The molecule has 0 aliphatic carbocycles. The number of anilines is 1. The number of nitrogens with zero attached hydrogens (tertiary/aromatic N) is 4. The van der Waals surface area contributed by atoms with Crippen molar-refractivity contribution >= 4 is 28.7 Å². The molecule has 29 heavy (non-hydrogen) atoms. The number of azo groups is 1. The molecular formula is C18H15N5O6. The fraction of sp³-hybridized carbons (Fsp3) is 0.222. The summed E-state index contributed by atoms with van der Waals surface area (Å²) >= 11 is 0. The third kappa shape index (κ3) is 3.44. The Balaban J connectivity index is 1.66. The topological polar surface area (TPSA) is 148 Å². The van der Waals surface area contributed by atoms with Crippen LogP contribution in [0.1, 0.15) is 0 Å². The molecule has 2 aromatic carbocycles. The van der Waals surface area contributed by atoms with Crippen LogP contribution in [-0.4, -0.2) is 46.3 Å². The molecule has 3 atom stereocenters. The molecule has 0 spiro atoms. The van der Waals surface area contributed by atoms with Crippen molar-refractivity contribution in [2.45, 2.75) is 17.9 Å². The van der Waals surface area contributed by atoms with Gasteiger partial charge in [0.2, 0.25) is 5.71 Å². The molecule has 2 aliphatic rings. The summed E-state index contributed by atoms with van der Waals surface area (Å²) in [5, 5.41) is 33.1. The van der Waals surface area contributed by atoms with Gasteiger partial charge < -0.3 is 14.6 Å².